The number of hydrogen-bond donors (Lipinski definition) is 0. The van der Waals surface area contributed by atoms with E-state index in [1.807, 2.05) is 6.92 Å². The minimum atomic E-state index is 0.00407. The molecule has 0 radical (unpaired) electrons. The molecule has 0 aliphatic carbocycles. The Morgan fingerprint density at radius 2 is 2.43 bits per heavy atom. The number of alkyl halides is 1. The van der Waals surface area contributed by atoms with Crippen LogP contribution in [0.2, 0.25) is 0 Å². The zero-order valence-electron chi connectivity index (χ0n) is 8.27. The van der Waals surface area contributed by atoms with E-state index in [2.05, 4.69) is 20.9 Å². The molecule has 4 heteroatoms. The highest BCUT2D eigenvalue weighted by Crippen LogP contribution is 2.05. The SMILES string of the molecule is CC(Br)CN(C)C(=O)c1cccnc1. The largest absolute Gasteiger partial charge is 0.341 e. The second-order valence-electron chi connectivity index (χ2n) is 3.21. The summed E-state index contributed by atoms with van der Waals surface area (Å²) in [7, 11) is 1.78. The second kappa shape index (κ2) is 5.10. The molecule has 0 spiro atoms. The molecular formula is C10H13BrN2O. The van der Waals surface area contributed by atoms with Gasteiger partial charge in [-0.15, -0.1) is 0 Å². The Kier molecular flexibility index (Phi) is 4.07. The molecule has 14 heavy (non-hydrogen) atoms. The lowest BCUT2D eigenvalue weighted by Gasteiger charge is -2.18. The first-order valence-corrected chi connectivity index (χ1v) is 5.32. The Bertz CT molecular complexity index is 300. The molecule has 0 saturated carbocycles. The molecular weight excluding hydrogens is 244 g/mol. The number of amides is 1. The van der Waals surface area contributed by atoms with Crippen LogP contribution in [0.3, 0.4) is 0 Å². The maximum Gasteiger partial charge on any atom is 0.255 e. The van der Waals surface area contributed by atoms with Crippen molar-refractivity contribution in [3.63, 3.8) is 0 Å². The number of halogens is 1. The Morgan fingerprint density at radius 1 is 1.71 bits per heavy atom. The number of nitrogens with zero attached hydrogens (tertiary/aromatic N) is 2. The number of rotatable bonds is 3. The normalized spacial score (nSPS) is 12.2. The Morgan fingerprint density at radius 3 is 2.93 bits per heavy atom. The fourth-order valence-corrected chi connectivity index (χ4v) is 1.60. The summed E-state index contributed by atoms with van der Waals surface area (Å²) in [6.45, 7) is 2.70. The van der Waals surface area contributed by atoms with E-state index in [0.29, 0.717) is 16.9 Å². The smallest absolute Gasteiger partial charge is 0.255 e. The summed E-state index contributed by atoms with van der Waals surface area (Å²) in [5.74, 6) is 0.00407. The van der Waals surface area contributed by atoms with E-state index in [1.54, 1.807) is 36.5 Å². The van der Waals surface area contributed by atoms with Crippen LogP contribution in [0.15, 0.2) is 24.5 Å². The summed E-state index contributed by atoms with van der Waals surface area (Å²) in [5, 5.41) is 0. The Hall–Kier alpha value is -0.900. The summed E-state index contributed by atoms with van der Waals surface area (Å²) in [6, 6.07) is 3.53. The van der Waals surface area contributed by atoms with Crippen molar-refractivity contribution in [2.75, 3.05) is 13.6 Å². The number of carbonyl (C=O) groups excluding carboxylic acids is 1. The molecule has 1 atom stereocenters. The number of aromatic nitrogens is 1. The van der Waals surface area contributed by atoms with Crippen molar-refractivity contribution in [1.82, 2.24) is 9.88 Å². The van der Waals surface area contributed by atoms with E-state index in [1.165, 1.54) is 0 Å². The molecule has 0 fully saturated rings. The van der Waals surface area contributed by atoms with Gasteiger partial charge in [0.05, 0.1) is 5.56 Å². The van der Waals surface area contributed by atoms with Crippen LogP contribution in [0.5, 0.6) is 0 Å². The van der Waals surface area contributed by atoms with Crippen LogP contribution < -0.4 is 0 Å². The maximum atomic E-state index is 11.7. The average Bonchev–Trinajstić information content (AvgIpc) is 2.17. The van der Waals surface area contributed by atoms with Gasteiger partial charge in [0, 0.05) is 30.8 Å². The van der Waals surface area contributed by atoms with Gasteiger partial charge in [-0.3, -0.25) is 9.78 Å². The lowest BCUT2D eigenvalue weighted by Crippen LogP contribution is -2.31. The summed E-state index contributed by atoms with van der Waals surface area (Å²) in [4.78, 5) is 17.6. The first-order valence-electron chi connectivity index (χ1n) is 4.41. The molecule has 1 heterocycles. The van der Waals surface area contributed by atoms with Crippen molar-refractivity contribution < 1.29 is 4.79 Å². The molecule has 0 aliphatic heterocycles. The zero-order valence-corrected chi connectivity index (χ0v) is 9.86. The molecule has 1 amide bonds. The molecule has 0 aliphatic rings. The highest BCUT2D eigenvalue weighted by molar-refractivity contribution is 9.09. The van der Waals surface area contributed by atoms with Gasteiger partial charge in [-0.2, -0.15) is 0 Å². The quantitative estimate of drug-likeness (QED) is 0.775. The van der Waals surface area contributed by atoms with E-state index in [-0.39, 0.29) is 5.91 Å². The Balaban J connectivity index is 2.66. The van der Waals surface area contributed by atoms with E-state index in [9.17, 15) is 4.79 Å². The van der Waals surface area contributed by atoms with Gasteiger partial charge in [-0.25, -0.2) is 0 Å². The first kappa shape index (κ1) is 11.2. The first-order chi connectivity index (χ1) is 6.61. The van der Waals surface area contributed by atoms with Crippen molar-refractivity contribution in [2.24, 2.45) is 0 Å². The third-order valence-corrected chi connectivity index (χ3v) is 2.07. The van der Waals surface area contributed by atoms with Crippen molar-refractivity contribution in [2.45, 2.75) is 11.8 Å². The molecule has 0 aromatic carbocycles. The second-order valence-corrected chi connectivity index (χ2v) is 4.77. The van der Waals surface area contributed by atoms with Crippen LogP contribution >= 0.6 is 15.9 Å². The third kappa shape index (κ3) is 3.10. The van der Waals surface area contributed by atoms with Crippen LogP contribution in [0, 0.1) is 0 Å². The van der Waals surface area contributed by atoms with E-state index in [4.69, 9.17) is 0 Å². The van der Waals surface area contributed by atoms with Crippen molar-refractivity contribution in [3.8, 4) is 0 Å². The van der Waals surface area contributed by atoms with Gasteiger partial charge in [-0.1, -0.05) is 22.9 Å². The molecule has 0 bridgehead atoms. The average molecular weight is 257 g/mol. The summed E-state index contributed by atoms with van der Waals surface area (Å²) < 4.78 is 0. The van der Waals surface area contributed by atoms with Crippen molar-refractivity contribution in [3.05, 3.63) is 30.1 Å². The van der Waals surface area contributed by atoms with Gasteiger partial charge in [0.25, 0.3) is 5.91 Å². The van der Waals surface area contributed by atoms with Crippen molar-refractivity contribution >= 4 is 21.8 Å². The van der Waals surface area contributed by atoms with Gasteiger partial charge in [-0.05, 0) is 12.1 Å². The summed E-state index contributed by atoms with van der Waals surface area (Å²) >= 11 is 3.41. The topological polar surface area (TPSA) is 33.2 Å². The summed E-state index contributed by atoms with van der Waals surface area (Å²) in [5.41, 5.74) is 0.628. The fraction of sp³-hybridized carbons (Fsp3) is 0.400. The highest BCUT2D eigenvalue weighted by atomic mass is 79.9. The monoisotopic (exact) mass is 256 g/mol. The maximum absolute atomic E-state index is 11.7. The lowest BCUT2D eigenvalue weighted by atomic mass is 10.2. The molecule has 3 nitrogen and oxygen atoms in total. The molecule has 1 aromatic heterocycles. The van der Waals surface area contributed by atoms with Gasteiger partial charge in [0.2, 0.25) is 0 Å². The molecule has 76 valence electrons. The fourth-order valence-electron chi connectivity index (χ4n) is 1.17. The van der Waals surface area contributed by atoms with Gasteiger partial charge >= 0.3 is 0 Å². The molecule has 1 unspecified atom stereocenters. The van der Waals surface area contributed by atoms with E-state index in [0.717, 1.165) is 0 Å². The molecule has 1 aromatic rings. The Labute approximate surface area is 92.3 Å². The number of hydrogen-bond acceptors (Lipinski definition) is 2. The van der Waals surface area contributed by atoms with E-state index >= 15 is 0 Å². The lowest BCUT2D eigenvalue weighted by molar-refractivity contribution is 0.0797. The minimum Gasteiger partial charge on any atom is -0.341 e. The van der Waals surface area contributed by atoms with Gasteiger partial charge in [0.15, 0.2) is 0 Å². The number of pyridine rings is 1. The van der Waals surface area contributed by atoms with Crippen LogP contribution in [0.4, 0.5) is 0 Å². The zero-order chi connectivity index (χ0) is 10.6. The van der Waals surface area contributed by atoms with Crippen LogP contribution in [-0.4, -0.2) is 34.2 Å². The number of carbonyl (C=O) groups is 1. The van der Waals surface area contributed by atoms with Gasteiger partial charge < -0.3 is 4.90 Å². The van der Waals surface area contributed by atoms with Gasteiger partial charge in [0.1, 0.15) is 0 Å². The minimum absolute atomic E-state index is 0.00407. The van der Waals surface area contributed by atoms with E-state index < -0.39 is 0 Å². The van der Waals surface area contributed by atoms with Crippen LogP contribution in [0.1, 0.15) is 17.3 Å². The van der Waals surface area contributed by atoms with Crippen LogP contribution in [0.25, 0.3) is 0 Å². The molecule has 0 saturated heterocycles. The predicted octanol–water partition coefficient (Wildman–Crippen LogP) is 1.94. The molecule has 0 N–H and O–H groups in total. The van der Waals surface area contributed by atoms with Crippen molar-refractivity contribution in [1.29, 1.82) is 0 Å². The third-order valence-electron chi connectivity index (χ3n) is 1.78. The summed E-state index contributed by atoms with van der Waals surface area (Å²) in [6.07, 6.45) is 3.24. The standard InChI is InChI=1S/C10H13BrN2O/c1-8(11)7-13(2)10(14)9-4-3-5-12-6-9/h3-6,8H,7H2,1-2H3. The molecule has 1 rings (SSSR count). The predicted molar refractivity (Wildman–Crippen MR) is 59.6 cm³/mol. The highest BCUT2D eigenvalue weighted by Gasteiger charge is 2.12. The van der Waals surface area contributed by atoms with Crippen LogP contribution in [-0.2, 0) is 0 Å².